The summed E-state index contributed by atoms with van der Waals surface area (Å²) in [4.78, 5) is 27.1. The van der Waals surface area contributed by atoms with Gasteiger partial charge in [-0.3, -0.25) is 14.3 Å². The molecule has 1 aromatic heterocycles. The fourth-order valence-electron chi connectivity index (χ4n) is 4.15. The molecule has 1 fully saturated rings. The first-order valence-electron chi connectivity index (χ1n) is 10.7. The lowest BCUT2D eigenvalue weighted by Gasteiger charge is -2.34. The Kier molecular flexibility index (Phi) is 7.00. The van der Waals surface area contributed by atoms with Gasteiger partial charge in [0.1, 0.15) is 12.1 Å². The number of likely N-dealkylation sites (N-methyl/N-ethyl adjacent to an activating group) is 1. The van der Waals surface area contributed by atoms with E-state index in [0.717, 1.165) is 21.7 Å². The number of hydrogen-bond donors (Lipinski definition) is 3. The van der Waals surface area contributed by atoms with Crippen LogP contribution in [0.4, 0.5) is 4.39 Å². The Bertz CT molecular complexity index is 953. The predicted molar refractivity (Wildman–Crippen MR) is 119 cm³/mol. The number of aryl methyl sites for hydroxylation is 1. The fraction of sp³-hybridized carbons (Fsp3) is 0.522. The van der Waals surface area contributed by atoms with Crippen molar-refractivity contribution >= 4 is 11.8 Å². The van der Waals surface area contributed by atoms with Gasteiger partial charge in [0.05, 0.1) is 18.3 Å². The van der Waals surface area contributed by atoms with Crippen molar-refractivity contribution in [1.29, 1.82) is 0 Å². The van der Waals surface area contributed by atoms with Crippen LogP contribution in [0.1, 0.15) is 26.3 Å². The molecule has 1 aliphatic rings. The van der Waals surface area contributed by atoms with E-state index in [0.29, 0.717) is 0 Å². The third-order valence-electron chi connectivity index (χ3n) is 5.88. The smallest absolute Gasteiger partial charge is 0.246 e. The molecule has 3 N–H and O–H groups in total. The number of carbonyl (C=O) groups is 2. The number of nitrogens with one attached hydrogen (secondary N) is 2. The number of nitrogens with zero attached hydrogens (tertiary/aromatic N) is 3. The van der Waals surface area contributed by atoms with E-state index in [-0.39, 0.29) is 13.1 Å². The number of aromatic nitrogens is 2. The molecule has 0 aliphatic carbocycles. The minimum atomic E-state index is -1.84. The van der Waals surface area contributed by atoms with E-state index in [1.54, 1.807) is 17.9 Å². The van der Waals surface area contributed by atoms with E-state index < -0.39 is 41.6 Å². The molecule has 1 aromatic carbocycles. The van der Waals surface area contributed by atoms with Crippen molar-refractivity contribution in [2.45, 2.75) is 51.7 Å². The van der Waals surface area contributed by atoms with Crippen molar-refractivity contribution in [2.24, 2.45) is 12.5 Å². The molecule has 174 valence electrons. The molecule has 0 spiro atoms. The zero-order chi connectivity index (χ0) is 23.6. The van der Waals surface area contributed by atoms with Gasteiger partial charge in [0.25, 0.3) is 0 Å². The number of rotatable bonds is 6. The Balaban J connectivity index is 1.69. The van der Waals surface area contributed by atoms with Gasteiger partial charge in [0.2, 0.25) is 11.8 Å². The quantitative estimate of drug-likeness (QED) is 0.622. The third kappa shape index (κ3) is 4.83. The first-order chi connectivity index (χ1) is 15.0. The number of halogens is 1. The van der Waals surface area contributed by atoms with E-state index in [1.807, 2.05) is 58.2 Å². The van der Waals surface area contributed by atoms with Gasteiger partial charge in [-0.15, -0.1) is 0 Å². The maximum absolute atomic E-state index is 14.7. The summed E-state index contributed by atoms with van der Waals surface area (Å²) in [6, 6.07) is 7.51. The Hall–Kier alpha value is -2.78. The van der Waals surface area contributed by atoms with Crippen LogP contribution in [0.15, 0.2) is 36.5 Å². The molecule has 0 bridgehead atoms. The monoisotopic (exact) mass is 445 g/mol. The molecule has 9 heteroatoms. The molecule has 0 radical (unpaired) electrons. The fourth-order valence-corrected chi connectivity index (χ4v) is 4.15. The summed E-state index contributed by atoms with van der Waals surface area (Å²) in [5, 5.41) is 19.9. The number of hydrogen-bond acceptors (Lipinski definition) is 5. The molecule has 32 heavy (non-hydrogen) atoms. The highest BCUT2D eigenvalue weighted by Crippen LogP contribution is 2.27. The number of benzene rings is 1. The van der Waals surface area contributed by atoms with E-state index in [1.165, 1.54) is 0 Å². The van der Waals surface area contributed by atoms with Crippen molar-refractivity contribution in [2.75, 3.05) is 13.6 Å². The van der Waals surface area contributed by atoms with Crippen LogP contribution < -0.4 is 10.6 Å². The molecule has 8 nitrogen and oxygen atoms in total. The van der Waals surface area contributed by atoms with Crippen LogP contribution in [0, 0.1) is 5.41 Å². The molecular weight excluding hydrogens is 413 g/mol. The van der Waals surface area contributed by atoms with Gasteiger partial charge in [-0.25, -0.2) is 4.39 Å². The van der Waals surface area contributed by atoms with Crippen LogP contribution in [0.25, 0.3) is 11.3 Å². The number of amides is 2. The molecular formula is C23H32FN5O3. The normalized spacial score (nSPS) is 22.1. The van der Waals surface area contributed by atoms with E-state index in [2.05, 4.69) is 15.7 Å². The minimum Gasteiger partial charge on any atom is -0.388 e. The van der Waals surface area contributed by atoms with Crippen LogP contribution in [0.5, 0.6) is 0 Å². The Morgan fingerprint density at radius 2 is 1.91 bits per heavy atom. The SMILES string of the molecule is CNC(C(=O)N1C[C@H](O)C(F)[C@H]1C(=O)NCc1ccc(-c2ccnn2C)cc1)C(C)(C)C. The molecule has 2 heterocycles. The van der Waals surface area contributed by atoms with Crippen molar-refractivity contribution < 1.29 is 19.1 Å². The van der Waals surface area contributed by atoms with Gasteiger partial charge < -0.3 is 20.6 Å². The molecule has 1 saturated heterocycles. The first kappa shape index (κ1) is 23.9. The average Bonchev–Trinajstić information content (AvgIpc) is 3.29. The molecule has 2 amide bonds. The summed E-state index contributed by atoms with van der Waals surface area (Å²) in [7, 11) is 3.51. The van der Waals surface area contributed by atoms with Crippen molar-refractivity contribution in [3.05, 3.63) is 42.1 Å². The first-order valence-corrected chi connectivity index (χ1v) is 10.7. The third-order valence-corrected chi connectivity index (χ3v) is 5.88. The van der Waals surface area contributed by atoms with Crippen LogP contribution in [0.2, 0.25) is 0 Å². The van der Waals surface area contributed by atoms with Crippen LogP contribution in [0.3, 0.4) is 0 Å². The van der Waals surface area contributed by atoms with Gasteiger partial charge in [0.15, 0.2) is 6.17 Å². The second-order valence-corrected chi connectivity index (χ2v) is 9.29. The summed E-state index contributed by atoms with van der Waals surface area (Å²) in [5.41, 5.74) is 2.34. The average molecular weight is 446 g/mol. The van der Waals surface area contributed by atoms with E-state index in [4.69, 9.17) is 0 Å². The predicted octanol–water partition coefficient (Wildman–Crippen LogP) is 1.25. The minimum absolute atomic E-state index is 0.181. The summed E-state index contributed by atoms with van der Waals surface area (Å²) in [5.74, 6) is -1.03. The molecule has 1 aliphatic heterocycles. The number of carbonyl (C=O) groups excluding carboxylic acids is 2. The highest BCUT2D eigenvalue weighted by atomic mass is 19.1. The Morgan fingerprint density at radius 3 is 2.44 bits per heavy atom. The van der Waals surface area contributed by atoms with Gasteiger partial charge in [-0.2, -0.15) is 5.10 Å². The Labute approximate surface area is 187 Å². The van der Waals surface area contributed by atoms with Gasteiger partial charge in [0, 0.05) is 19.8 Å². The van der Waals surface area contributed by atoms with Crippen molar-refractivity contribution in [3.8, 4) is 11.3 Å². The lowest BCUT2D eigenvalue weighted by Crippen LogP contribution is -2.57. The number of aliphatic hydroxyl groups is 1. The summed E-state index contributed by atoms with van der Waals surface area (Å²) >= 11 is 0. The van der Waals surface area contributed by atoms with Gasteiger partial charge >= 0.3 is 0 Å². The number of likely N-dealkylation sites (tertiary alicyclic amines) is 1. The van der Waals surface area contributed by atoms with Crippen LogP contribution >= 0.6 is 0 Å². The summed E-state index contributed by atoms with van der Waals surface area (Å²) < 4.78 is 16.5. The molecule has 3 rings (SSSR count). The van der Waals surface area contributed by atoms with Gasteiger partial charge in [-0.1, -0.05) is 45.0 Å². The molecule has 2 unspecified atom stereocenters. The standard InChI is InChI=1S/C23H32FN5O3/c1-23(2,3)20(25-4)22(32)29-13-17(30)18(24)19(29)21(31)26-12-14-6-8-15(9-7-14)16-10-11-27-28(16)5/h6-11,17-20,25,30H,12-13H2,1-5H3,(H,26,31)/t17-,18?,19-,20?/m0/s1. The lowest BCUT2D eigenvalue weighted by molar-refractivity contribution is -0.143. The second kappa shape index (κ2) is 9.38. The zero-order valence-corrected chi connectivity index (χ0v) is 19.2. The van der Waals surface area contributed by atoms with Crippen molar-refractivity contribution in [3.63, 3.8) is 0 Å². The maximum Gasteiger partial charge on any atom is 0.246 e. The topological polar surface area (TPSA) is 99.5 Å². The lowest BCUT2D eigenvalue weighted by atomic mass is 9.86. The van der Waals surface area contributed by atoms with E-state index in [9.17, 15) is 19.1 Å². The number of alkyl halides is 1. The summed E-state index contributed by atoms with van der Waals surface area (Å²) in [6.45, 7) is 5.62. The largest absolute Gasteiger partial charge is 0.388 e. The van der Waals surface area contributed by atoms with Crippen molar-refractivity contribution in [1.82, 2.24) is 25.3 Å². The summed E-state index contributed by atoms with van der Waals surface area (Å²) in [6.07, 6.45) is -1.52. The second-order valence-electron chi connectivity index (χ2n) is 9.29. The molecule has 4 atom stereocenters. The number of β-amino-alcohol motifs (C(OH)–C–C–N with tert-alkyl or cyclic N) is 1. The van der Waals surface area contributed by atoms with Crippen LogP contribution in [-0.2, 0) is 23.2 Å². The Morgan fingerprint density at radius 1 is 1.25 bits per heavy atom. The van der Waals surface area contributed by atoms with E-state index >= 15 is 0 Å². The molecule has 0 saturated carbocycles. The number of aliphatic hydroxyl groups excluding tert-OH is 1. The highest BCUT2D eigenvalue weighted by Gasteiger charge is 2.50. The van der Waals surface area contributed by atoms with Gasteiger partial charge in [-0.05, 0) is 29.7 Å². The van der Waals surface area contributed by atoms with Crippen LogP contribution in [-0.4, -0.2) is 69.6 Å². The zero-order valence-electron chi connectivity index (χ0n) is 19.2. The maximum atomic E-state index is 14.7. The molecule has 2 aromatic rings. The highest BCUT2D eigenvalue weighted by molar-refractivity contribution is 5.91.